The van der Waals surface area contributed by atoms with Crippen molar-refractivity contribution in [3.8, 4) is 34.3 Å². The van der Waals surface area contributed by atoms with Crippen LogP contribution in [-0.2, 0) is 5.75 Å². The number of rotatable bonds is 2. The van der Waals surface area contributed by atoms with E-state index < -0.39 is 0 Å². The third-order valence-electron chi connectivity index (χ3n) is 5.20. The molecule has 1 aliphatic heterocycles. The number of thioether (sulfide) groups is 1. The van der Waals surface area contributed by atoms with Gasteiger partial charge in [-0.2, -0.15) is 5.26 Å². The van der Waals surface area contributed by atoms with E-state index in [0.29, 0.717) is 16.5 Å². The summed E-state index contributed by atoms with van der Waals surface area (Å²) in [5, 5.41) is 12.9. The van der Waals surface area contributed by atoms with Crippen LogP contribution in [0.3, 0.4) is 0 Å². The summed E-state index contributed by atoms with van der Waals surface area (Å²) in [5.41, 5.74) is 5.23. The number of pyridine rings is 1. The van der Waals surface area contributed by atoms with Gasteiger partial charge in [-0.1, -0.05) is 54.1 Å². The van der Waals surface area contributed by atoms with Crippen molar-refractivity contribution < 1.29 is 4.74 Å². The Balaban J connectivity index is 1.92. The molecule has 3 nitrogen and oxygen atoms in total. The van der Waals surface area contributed by atoms with Gasteiger partial charge >= 0.3 is 0 Å². The molecule has 0 atom stereocenters. The van der Waals surface area contributed by atoms with E-state index in [2.05, 4.69) is 30.3 Å². The number of benzene rings is 3. The lowest BCUT2D eigenvalue weighted by molar-refractivity contribution is 0.397. The topological polar surface area (TPSA) is 45.9 Å². The van der Waals surface area contributed by atoms with Gasteiger partial charge in [0.15, 0.2) is 0 Å². The Morgan fingerprint density at radius 3 is 2.72 bits per heavy atom. The molecular formula is C24H15ClN2OS. The first-order valence-corrected chi connectivity index (χ1v) is 10.5. The molecule has 0 bridgehead atoms. The van der Waals surface area contributed by atoms with E-state index in [1.54, 1.807) is 18.9 Å². The lowest BCUT2D eigenvalue weighted by atomic mass is 9.90. The van der Waals surface area contributed by atoms with Gasteiger partial charge in [0.1, 0.15) is 11.6 Å². The van der Waals surface area contributed by atoms with Crippen LogP contribution in [0.4, 0.5) is 0 Å². The highest BCUT2D eigenvalue weighted by Gasteiger charge is 2.27. The molecule has 0 saturated carbocycles. The molecule has 5 heteroatoms. The van der Waals surface area contributed by atoms with Gasteiger partial charge in [-0.05, 0) is 40.1 Å². The number of halogens is 1. The minimum Gasteiger partial charge on any atom is -0.480 e. The second kappa shape index (κ2) is 7.11. The van der Waals surface area contributed by atoms with Gasteiger partial charge in [0, 0.05) is 26.8 Å². The molecule has 29 heavy (non-hydrogen) atoms. The molecule has 0 fully saturated rings. The number of aromatic nitrogens is 1. The second-order valence-corrected chi connectivity index (χ2v) is 8.22. The zero-order valence-corrected chi connectivity index (χ0v) is 17.1. The molecule has 0 radical (unpaired) electrons. The first-order valence-electron chi connectivity index (χ1n) is 9.13. The monoisotopic (exact) mass is 414 g/mol. The summed E-state index contributed by atoms with van der Waals surface area (Å²) in [5.74, 6) is 1.07. The van der Waals surface area contributed by atoms with Gasteiger partial charge in [0.2, 0.25) is 5.88 Å². The lowest BCUT2D eigenvalue weighted by Crippen LogP contribution is -2.07. The average molecular weight is 415 g/mol. The Morgan fingerprint density at radius 1 is 1.07 bits per heavy atom. The van der Waals surface area contributed by atoms with Crippen LogP contribution in [0.2, 0.25) is 5.02 Å². The smallest absolute Gasteiger partial charge is 0.232 e. The van der Waals surface area contributed by atoms with E-state index >= 15 is 0 Å². The summed E-state index contributed by atoms with van der Waals surface area (Å²) in [6.07, 6.45) is 0. The molecule has 0 amide bonds. The van der Waals surface area contributed by atoms with Gasteiger partial charge in [-0.15, -0.1) is 11.8 Å². The fourth-order valence-electron chi connectivity index (χ4n) is 3.92. The van der Waals surface area contributed by atoms with Crippen LogP contribution in [-0.4, -0.2) is 12.1 Å². The number of ether oxygens (including phenoxy) is 1. The van der Waals surface area contributed by atoms with Crippen molar-refractivity contribution in [3.63, 3.8) is 0 Å². The summed E-state index contributed by atoms with van der Waals surface area (Å²) < 4.78 is 5.55. The van der Waals surface area contributed by atoms with Crippen molar-refractivity contribution in [1.82, 2.24) is 4.98 Å². The largest absolute Gasteiger partial charge is 0.480 e. The van der Waals surface area contributed by atoms with E-state index in [4.69, 9.17) is 21.3 Å². The fourth-order valence-corrected chi connectivity index (χ4v) is 5.15. The van der Waals surface area contributed by atoms with Crippen LogP contribution in [0, 0.1) is 11.3 Å². The predicted molar refractivity (Wildman–Crippen MR) is 118 cm³/mol. The van der Waals surface area contributed by atoms with Crippen molar-refractivity contribution in [1.29, 1.82) is 5.26 Å². The number of fused-ring (bicyclic) bond motifs is 4. The normalized spacial score (nSPS) is 12.2. The molecule has 0 saturated heterocycles. The molecular weight excluding hydrogens is 400 g/mol. The number of hydrogen-bond donors (Lipinski definition) is 0. The Kier molecular flexibility index (Phi) is 4.43. The van der Waals surface area contributed by atoms with Crippen molar-refractivity contribution in [2.24, 2.45) is 0 Å². The van der Waals surface area contributed by atoms with Crippen molar-refractivity contribution in [3.05, 3.63) is 76.8 Å². The van der Waals surface area contributed by atoms with Crippen molar-refractivity contribution in [2.45, 2.75) is 10.6 Å². The third-order valence-corrected chi connectivity index (χ3v) is 6.53. The van der Waals surface area contributed by atoms with Gasteiger partial charge in [-0.25, -0.2) is 4.98 Å². The summed E-state index contributed by atoms with van der Waals surface area (Å²) in [7, 11) is 1.55. The van der Waals surface area contributed by atoms with Crippen LogP contribution >= 0.6 is 23.4 Å². The Bertz CT molecular complexity index is 1320. The highest BCUT2D eigenvalue weighted by atomic mass is 35.5. The number of nitriles is 1. The van der Waals surface area contributed by atoms with Gasteiger partial charge in [0.05, 0.1) is 12.8 Å². The first-order chi connectivity index (χ1) is 14.2. The van der Waals surface area contributed by atoms with E-state index in [9.17, 15) is 5.26 Å². The SMILES string of the molecule is COc1nc2c(c(-c3cccc4ccccc34)c1C#N)CSc1ccc(Cl)cc1-2. The zero-order valence-electron chi connectivity index (χ0n) is 15.6. The van der Waals surface area contributed by atoms with Crippen LogP contribution in [0.1, 0.15) is 11.1 Å². The molecule has 0 aliphatic carbocycles. The first kappa shape index (κ1) is 18.1. The standard InChI is InChI=1S/C24H15ClN2OS/c1-28-24-19(12-26)22(17-8-4-6-14-5-2-3-7-16(14)17)20-13-29-21-10-9-15(25)11-18(21)23(20)27-24/h2-11H,13H2,1H3. The quantitative estimate of drug-likeness (QED) is 0.365. The number of nitrogens with zero attached hydrogens (tertiary/aromatic N) is 2. The molecule has 0 unspecified atom stereocenters. The van der Waals surface area contributed by atoms with Crippen LogP contribution in [0.25, 0.3) is 33.2 Å². The summed E-state index contributed by atoms with van der Waals surface area (Å²) in [6.45, 7) is 0. The van der Waals surface area contributed by atoms with E-state index in [0.717, 1.165) is 49.4 Å². The molecule has 3 aromatic carbocycles. The number of methoxy groups -OCH3 is 1. The second-order valence-electron chi connectivity index (χ2n) is 6.77. The van der Waals surface area contributed by atoms with Crippen molar-refractivity contribution in [2.75, 3.05) is 7.11 Å². The molecule has 5 rings (SSSR count). The highest BCUT2D eigenvalue weighted by molar-refractivity contribution is 7.98. The Hall–Kier alpha value is -3.00. The molecule has 0 spiro atoms. The molecule has 4 aromatic rings. The summed E-state index contributed by atoms with van der Waals surface area (Å²) in [6, 6.07) is 22.6. The van der Waals surface area contributed by atoms with Gasteiger partial charge in [-0.3, -0.25) is 0 Å². The third kappa shape index (κ3) is 2.86. The van der Waals surface area contributed by atoms with E-state index in [1.165, 1.54) is 0 Å². The van der Waals surface area contributed by atoms with E-state index in [1.807, 2.05) is 36.4 Å². The highest BCUT2D eigenvalue weighted by Crippen LogP contribution is 2.48. The van der Waals surface area contributed by atoms with Gasteiger partial charge in [0.25, 0.3) is 0 Å². The average Bonchev–Trinajstić information content (AvgIpc) is 2.77. The summed E-state index contributed by atoms with van der Waals surface area (Å²) >= 11 is 8.03. The molecule has 2 heterocycles. The minimum atomic E-state index is 0.340. The van der Waals surface area contributed by atoms with Crippen LogP contribution in [0.15, 0.2) is 65.6 Å². The van der Waals surface area contributed by atoms with Gasteiger partial charge < -0.3 is 4.74 Å². The lowest BCUT2D eigenvalue weighted by Gasteiger charge is -2.24. The summed E-state index contributed by atoms with van der Waals surface area (Å²) in [4.78, 5) is 5.86. The number of hydrogen-bond acceptors (Lipinski definition) is 4. The van der Waals surface area contributed by atoms with Crippen molar-refractivity contribution >= 4 is 34.1 Å². The maximum Gasteiger partial charge on any atom is 0.232 e. The fraction of sp³-hybridized carbons (Fsp3) is 0.0833. The molecule has 0 N–H and O–H groups in total. The molecule has 1 aromatic heterocycles. The predicted octanol–water partition coefficient (Wildman–Crippen LogP) is 6.71. The van der Waals surface area contributed by atoms with E-state index in [-0.39, 0.29) is 0 Å². The Morgan fingerprint density at radius 2 is 1.90 bits per heavy atom. The Labute approximate surface area is 177 Å². The van der Waals surface area contributed by atoms with Crippen LogP contribution < -0.4 is 4.74 Å². The maximum atomic E-state index is 10.0. The molecule has 140 valence electrons. The maximum absolute atomic E-state index is 10.0. The van der Waals surface area contributed by atoms with Crippen LogP contribution in [0.5, 0.6) is 5.88 Å². The molecule has 1 aliphatic rings. The minimum absolute atomic E-state index is 0.340. The zero-order chi connectivity index (χ0) is 20.0.